The molecule has 1 fully saturated rings. The van der Waals surface area contributed by atoms with Crippen LogP contribution in [-0.2, 0) is 4.74 Å². The van der Waals surface area contributed by atoms with Crippen LogP contribution < -0.4 is 0 Å². The van der Waals surface area contributed by atoms with Crippen LogP contribution in [0.5, 0.6) is 0 Å². The van der Waals surface area contributed by atoms with Crippen LogP contribution >= 0.6 is 0 Å². The highest BCUT2D eigenvalue weighted by Crippen LogP contribution is 2.32. The molecule has 82 valence electrons. The summed E-state index contributed by atoms with van der Waals surface area (Å²) >= 11 is 0. The Morgan fingerprint density at radius 3 is 2.21 bits per heavy atom. The molecule has 1 heterocycles. The third-order valence-electron chi connectivity index (χ3n) is 2.45. The lowest BCUT2D eigenvalue weighted by Gasteiger charge is -2.38. The Morgan fingerprint density at radius 2 is 1.86 bits per heavy atom. The monoisotopic (exact) mass is 199 g/mol. The fourth-order valence-corrected chi connectivity index (χ4v) is 2.34. The predicted molar refractivity (Wildman–Crippen MR) is 56.2 cm³/mol. The molecular weight excluding hydrogens is 178 g/mol. The summed E-state index contributed by atoms with van der Waals surface area (Å²) in [6.45, 7) is 12.0. The van der Waals surface area contributed by atoms with Gasteiger partial charge in [0.2, 0.25) is 0 Å². The zero-order valence-corrected chi connectivity index (χ0v) is 9.89. The summed E-state index contributed by atoms with van der Waals surface area (Å²) in [4.78, 5) is 13.2. The highest BCUT2D eigenvalue weighted by atomic mass is 16.6. The van der Waals surface area contributed by atoms with Gasteiger partial charge in [-0.15, -0.1) is 0 Å². The lowest BCUT2D eigenvalue weighted by Crippen LogP contribution is -2.46. The van der Waals surface area contributed by atoms with E-state index in [2.05, 4.69) is 34.6 Å². The second-order valence-corrected chi connectivity index (χ2v) is 5.82. The normalized spacial score (nSPS) is 18.6. The van der Waals surface area contributed by atoms with E-state index in [1.165, 1.54) is 0 Å². The van der Waals surface area contributed by atoms with Gasteiger partial charge in [0.25, 0.3) is 0 Å². The molecule has 0 spiro atoms. The van der Waals surface area contributed by atoms with Gasteiger partial charge in [0.05, 0.1) is 6.54 Å². The third kappa shape index (κ3) is 2.63. The van der Waals surface area contributed by atoms with Crippen molar-refractivity contribution in [3.63, 3.8) is 0 Å². The molecule has 0 saturated carbocycles. The van der Waals surface area contributed by atoms with Crippen molar-refractivity contribution in [1.29, 1.82) is 0 Å². The quantitative estimate of drug-likeness (QED) is 0.684. The van der Waals surface area contributed by atoms with Crippen molar-refractivity contribution >= 4 is 6.09 Å². The van der Waals surface area contributed by atoms with Crippen molar-refractivity contribution in [1.82, 2.24) is 4.90 Å². The van der Waals surface area contributed by atoms with E-state index in [0.717, 1.165) is 13.0 Å². The first-order valence-electron chi connectivity index (χ1n) is 5.17. The first-order chi connectivity index (χ1) is 6.22. The van der Waals surface area contributed by atoms with E-state index in [-0.39, 0.29) is 17.0 Å². The largest absolute Gasteiger partial charge is 0.448 e. The molecule has 1 aliphatic rings. The summed E-state index contributed by atoms with van der Waals surface area (Å²) in [5.41, 5.74) is 0.123. The molecule has 0 bridgehead atoms. The second-order valence-electron chi connectivity index (χ2n) is 5.82. The Kier molecular flexibility index (Phi) is 2.79. The van der Waals surface area contributed by atoms with Gasteiger partial charge in [-0.3, -0.25) is 4.90 Å². The van der Waals surface area contributed by atoms with Crippen molar-refractivity contribution in [2.45, 2.75) is 46.6 Å². The maximum atomic E-state index is 11.4. The van der Waals surface area contributed by atoms with Crippen molar-refractivity contribution < 1.29 is 9.53 Å². The zero-order chi connectivity index (χ0) is 11.0. The topological polar surface area (TPSA) is 29.5 Å². The molecule has 3 nitrogen and oxygen atoms in total. The summed E-state index contributed by atoms with van der Waals surface area (Å²) < 4.78 is 4.95. The minimum Gasteiger partial charge on any atom is -0.448 e. The number of carbonyl (C=O) groups is 1. The van der Waals surface area contributed by atoms with Crippen molar-refractivity contribution in [2.24, 2.45) is 5.41 Å². The number of cyclic esters (lactones) is 1. The lowest BCUT2D eigenvalue weighted by atomic mass is 9.81. The molecule has 0 N–H and O–H groups in total. The molecule has 0 aliphatic carbocycles. The third-order valence-corrected chi connectivity index (χ3v) is 2.45. The van der Waals surface area contributed by atoms with E-state index >= 15 is 0 Å². The van der Waals surface area contributed by atoms with Crippen LogP contribution in [0.1, 0.15) is 41.0 Å². The maximum absolute atomic E-state index is 11.4. The number of ether oxygens (including phenoxy) is 1. The fourth-order valence-electron chi connectivity index (χ4n) is 2.34. The number of nitrogens with zero attached hydrogens (tertiary/aromatic N) is 1. The van der Waals surface area contributed by atoms with Crippen LogP contribution in [0.25, 0.3) is 0 Å². The molecule has 0 aromatic heterocycles. The van der Waals surface area contributed by atoms with Gasteiger partial charge in [0.15, 0.2) is 0 Å². The van der Waals surface area contributed by atoms with Crippen LogP contribution in [0.15, 0.2) is 0 Å². The number of hydrogen-bond donors (Lipinski definition) is 0. The van der Waals surface area contributed by atoms with Crippen LogP contribution in [0, 0.1) is 5.41 Å². The van der Waals surface area contributed by atoms with Crippen LogP contribution in [0.2, 0.25) is 0 Å². The van der Waals surface area contributed by atoms with Crippen LogP contribution in [0.4, 0.5) is 4.79 Å². The molecule has 0 radical (unpaired) electrons. The molecule has 0 aromatic carbocycles. The van der Waals surface area contributed by atoms with Crippen molar-refractivity contribution in [3.05, 3.63) is 0 Å². The van der Waals surface area contributed by atoms with Gasteiger partial charge in [0.1, 0.15) is 6.61 Å². The molecule has 1 aliphatic heterocycles. The number of rotatable bonds is 2. The number of amides is 1. The van der Waals surface area contributed by atoms with E-state index in [1.54, 1.807) is 0 Å². The van der Waals surface area contributed by atoms with Crippen LogP contribution in [-0.4, -0.2) is 29.7 Å². The van der Waals surface area contributed by atoms with Crippen molar-refractivity contribution in [2.75, 3.05) is 13.2 Å². The SMILES string of the molecule is CC(C)(C)CC(C)(C)N1CCOC1=O. The van der Waals surface area contributed by atoms with Gasteiger partial charge in [-0.1, -0.05) is 20.8 Å². The van der Waals surface area contributed by atoms with Gasteiger partial charge in [0, 0.05) is 5.54 Å². The lowest BCUT2D eigenvalue weighted by molar-refractivity contribution is 0.102. The molecule has 1 amide bonds. The van der Waals surface area contributed by atoms with Gasteiger partial charge < -0.3 is 4.74 Å². The Morgan fingerprint density at radius 1 is 1.29 bits per heavy atom. The van der Waals surface area contributed by atoms with Gasteiger partial charge in [-0.05, 0) is 25.7 Å². The van der Waals surface area contributed by atoms with Crippen LogP contribution in [0.3, 0.4) is 0 Å². The Bertz CT molecular complexity index is 228. The minimum atomic E-state index is -0.167. The van der Waals surface area contributed by atoms with E-state index in [0.29, 0.717) is 6.61 Å². The van der Waals surface area contributed by atoms with E-state index in [1.807, 2.05) is 4.90 Å². The molecule has 3 heteroatoms. The minimum absolute atomic E-state index is 0.105. The Labute approximate surface area is 86.4 Å². The summed E-state index contributed by atoms with van der Waals surface area (Å²) in [7, 11) is 0. The summed E-state index contributed by atoms with van der Waals surface area (Å²) in [5, 5.41) is 0. The van der Waals surface area contributed by atoms with E-state index in [9.17, 15) is 4.79 Å². The number of carbonyl (C=O) groups excluding carboxylic acids is 1. The first-order valence-corrected chi connectivity index (χ1v) is 5.17. The number of hydrogen-bond acceptors (Lipinski definition) is 2. The first kappa shape index (κ1) is 11.3. The van der Waals surface area contributed by atoms with E-state index < -0.39 is 0 Å². The maximum Gasteiger partial charge on any atom is 0.410 e. The highest BCUT2D eigenvalue weighted by molar-refractivity contribution is 5.70. The molecular formula is C11H21NO2. The summed E-state index contributed by atoms with van der Waals surface area (Å²) in [5.74, 6) is 0. The molecule has 1 rings (SSSR count). The molecule has 0 atom stereocenters. The predicted octanol–water partition coefficient (Wildman–Crippen LogP) is 2.65. The van der Waals surface area contributed by atoms with E-state index in [4.69, 9.17) is 4.74 Å². The van der Waals surface area contributed by atoms with Gasteiger partial charge in [-0.25, -0.2) is 4.79 Å². The van der Waals surface area contributed by atoms with Crippen molar-refractivity contribution in [3.8, 4) is 0 Å². The van der Waals surface area contributed by atoms with Gasteiger partial charge >= 0.3 is 6.09 Å². The summed E-state index contributed by atoms with van der Waals surface area (Å²) in [6, 6.07) is 0. The average molecular weight is 199 g/mol. The second kappa shape index (κ2) is 3.44. The Hall–Kier alpha value is -0.730. The molecule has 0 unspecified atom stereocenters. The zero-order valence-electron chi connectivity index (χ0n) is 9.89. The summed E-state index contributed by atoms with van der Waals surface area (Å²) in [6.07, 6.45) is 0.814. The average Bonchev–Trinajstić information content (AvgIpc) is 2.29. The Balaban J connectivity index is 2.69. The highest BCUT2D eigenvalue weighted by Gasteiger charge is 2.38. The molecule has 14 heavy (non-hydrogen) atoms. The standard InChI is InChI=1S/C11H21NO2/c1-10(2,3)8-11(4,5)12-6-7-14-9(12)13/h6-8H2,1-5H3. The smallest absolute Gasteiger partial charge is 0.410 e. The fraction of sp³-hybridized carbons (Fsp3) is 0.909. The molecule has 1 saturated heterocycles. The van der Waals surface area contributed by atoms with Gasteiger partial charge in [-0.2, -0.15) is 0 Å². The molecule has 0 aromatic rings.